The van der Waals surface area contributed by atoms with Crippen molar-refractivity contribution in [2.45, 2.75) is 13.8 Å². The Kier molecular flexibility index (Phi) is 2.91. The summed E-state index contributed by atoms with van der Waals surface area (Å²) < 4.78 is 6.00. The zero-order valence-corrected chi connectivity index (χ0v) is 8.11. The van der Waals surface area contributed by atoms with E-state index in [4.69, 9.17) is 10.5 Å². The zero-order chi connectivity index (χ0) is 10.7. The molecular formula is C9H12N2O3. The first-order valence-electron chi connectivity index (χ1n) is 4.22. The zero-order valence-electron chi connectivity index (χ0n) is 8.11. The lowest BCUT2D eigenvalue weighted by molar-refractivity contribution is 0.0525. The summed E-state index contributed by atoms with van der Waals surface area (Å²) in [6.45, 7) is 3.66. The second-order valence-corrected chi connectivity index (χ2v) is 2.74. The van der Waals surface area contributed by atoms with Crippen molar-refractivity contribution in [2.75, 3.05) is 6.61 Å². The molecule has 76 valence electrons. The van der Waals surface area contributed by atoms with Gasteiger partial charge >= 0.3 is 12.0 Å². The van der Waals surface area contributed by atoms with Crippen molar-refractivity contribution in [3.05, 3.63) is 23.5 Å². The molecule has 0 fully saturated rings. The summed E-state index contributed by atoms with van der Waals surface area (Å²) in [7, 11) is 0. The lowest BCUT2D eigenvalue weighted by atomic mass is 10.2. The number of hydrogen-bond acceptors (Lipinski definition) is 3. The van der Waals surface area contributed by atoms with Gasteiger partial charge in [-0.05, 0) is 19.9 Å². The van der Waals surface area contributed by atoms with Gasteiger partial charge in [-0.3, -0.25) is 4.57 Å². The molecule has 0 spiro atoms. The van der Waals surface area contributed by atoms with Gasteiger partial charge in [0.25, 0.3) is 0 Å². The highest BCUT2D eigenvalue weighted by Gasteiger charge is 2.15. The van der Waals surface area contributed by atoms with Crippen LogP contribution < -0.4 is 5.73 Å². The minimum Gasteiger partial charge on any atom is -0.462 e. The van der Waals surface area contributed by atoms with Crippen LogP contribution in [-0.2, 0) is 4.74 Å². The van der Waals surface area contributed by atoms with Gasteiger partial charge in [-0.1, -0.05) is 0 Å². The lowest BCUT2D eigenvalue weighted by Crippen LogP contribution is -2.20. The molecule has 1 rings (SSSR count). The normalized spacial score (nSPS) is 9.86. The predicted molar refractivity (Wildman–Crippen MR) is 50.1 cm³/mol. The van der Waals surface area contributed by atoms with Crippen LogP contribution in [0.5, 0.6) is 0 Å². The molecule has 1 aromatic rings. The number of ether oxygens (including phenoxy) is 1. The first kappa shape index (κ1) is 10.3. The Morgan fingerprint density at radius 3 is 2.64 bits per heavy atom. The molecule has 5 heteroatoms. The topological polar surface area (TPSA) is 74.3 Å². The molecule has 0 aromatic carbocycles. The fraction of sp³-hybridized carbons (Fsp3) is 0.333. The van der Waals surface area contributed by atoms with Gasteiger partial charge in [-0.15, -0.1) is 0 Å². The van der Waals surface area contributed by atoms with Crippen molar-refractivity contribution in [1.82, 2.24) is 4.57 Å². The van der Waals surface area contributed by atoms with Crippen LogP contribution >= 0.6 is 0 Å². The number of aromatic nitrogens is 1. The van der Waals surface area contributed by atoms with E-state index < -0.39 is 12.0 Å². The van der Waals surface area contributed by atoms with Gasteiger partial charge in [0.2, 0.25) is 0 Å². The molecule has 0 atom stereocenters. The highest BCUT2D eigenvalue weighted by molar-refractivity contribution is 5.92. The molecule has 0 unspecified atom stereocenters. The van der Waals surface area contributed by atoms with Crippen LogP contribution in [0.4, 0.5) is 4.79 Å². The summed E-state index contributed by atoms with van der Waals surface area (Å²) in [5, 5.41) is 0. The summed E-state index contributed by atoms with van der Waals surface area (Å²) >= 11 is 0. The van der Waals surface area contributed by atoms with Crippen molar-refractivity contribution >= 4 is 12.0 Å². The highest BCUT2D eigenvalue weighted by Crippen LogP contribution is 2.10. The van der Waals surface area contributed by atoms with Crippen LogP contribution in [0.2, 0.25) is 0 Å². The van der Waals surface area contributed by atoms with Crippen molar-refractivity contribution in [2.24, 2.45) is 5.73 Å². The Morgan fingerprint density at radius 2 is 2.21 bits per heavy atom. The molecule has 0 saturated heterocycles. The maximum Gasteiger partial charge on any atom is 0.339 e. The second kappa shape index (κ2) is 3.95. The monoisotopic (exact) mass is 196 g/mol. The number of carbonyl (C=O) groups is 2. The molecule has 0 aliphatic heterocycles. The molecule has 5 nitrogen and oxygen atoms in total. The van der Waals surface area contributed by atoms with E-state index in [1.807, 2.05) is 0 Å². The molecule has 0 aliphatic rings. The Labute approximate surface area is 81.5 Å². The highest BCUT2D eigenvalue weighted by atomic mass is 16.5. The molecule has 0 radical (unpaired) electrons. The first-order chi connectivity index (χ1) is 6.57. The second-order valence-electron chi connectivity index (χ2n) is 2.74. The van der Waals surface area contributed by atoms with Gasteiger partial charge in [0.1, 0.15) is 0 Å². The average Bonchev–Trinajstić information content (AvgIpc) is 2.47. The Morgan fingerprint density at radius 1 is 1.57 bits per heavy atom. The van der Waals surface area contributed by atoms with Gasteiger partial charge in [-0.2, -0.15) is 0 Å². The lowest BCUT2D eigenvalue weighted by Gasteiger charge is -2.02. The number of rotatable bonds is 2. The number of amides is 1. The van der Waals surface area contributed by atoms with E-state index in [9.17, 15) is 9.59 Å². The molecule has 1 amide bonds. The third-order valence-electron chi connectivity index (χ3n) is 1.87. The van der Waals surface area contributed by atoms with Crippen molar-refractivity contribution in [1.29, 1.82) is 0 Å². The molecule has 1 aromatic heterocycles. The van der Waals surface area contributed by atoms with Gasteiger partial charge < -0.3 is 10.5 Å². The Hall–Kier alpha value is -1.78. The van der Waals surface area contributed by atoms with Gasteiger partial charge in [0.15, 0.2) is 0 Å². The number of primary amides is 1. The third-order valence-corrected chi connectivity index (χ3v) is 1.87. The molecule has 2 N–H and O–H groups in total. The number of nitrogens with two attached hydrogens (primary N) is 1. The van der Waals surface area contributed by atoms with Gasteiger partial charge in [0.05, 0.1) is 12.2 Å². The number of nitrogens with zero attached hydrogens (tertiary/aromatic N) is 1. The van der Waals surface area contributed by atoms with E-state index in [1.165, 1.54) is 16.8 Å². The van der Waals surface area contributed by atoms with E-state index in [0.717, 1.165) is 0 Å². The van der Waals surface area contributed by atoms with Crippen LogP contribution in [0.3, 0.4) is 0 Å². The van der Waals surface area contributed by atoms with Crippen molar-refractivity contribution in [3.8, 4) is 0 Å². The van der Waals surface area contributed by atoms with E-state index >= 15 is 0 Å². The number of esters is 1. The predicted octanol–water partition coefficient (Wildman–Crippen LogP) is 0.900. The maximum atomic E-state index is 11.3. The van der Waals surface area contributed by atoms with Crippen LogP contribution in [-0.4, -0.2) is 23.2 Å². The molecule has 14 heavy (non-hydrogen) atoms. The van der Waals surface area contributed by atoms with E-state index in [-0.39, 0.29) is 0 Å². The van der Waals surface area contributed by atoms with Crippen molar-refractivity contribution in [3.63, 3.8) is 0 Å². The Bertz CT molecular complexity index is 368. The summed E-state index contributed by atoms with van der Waals surface area (Å²) in [6, 6.07) is 0.899. The van der Waals surface area contributed by atoms with E-state index in [1.54, 1.807) is 13.8 Å². The summed E-state index contributed by atoms with van der Waals surface area (Å²) in [5.74, 6) is -0.440. The number of hydrogen-bond donors (Lipinski definition) is 1. The standard InChI is InChI=1S/C9H12N2O3/c1-3-14-8(12)7-4-5-11(6(7)2)9(10)13/h4-5H,3H2,1-2H3,(H2,10,13). The molecule has 0 saturated carbocycles. The van der Waals surface area contributed by atoms with Gasteiger partial charge in [-0.25, -0.2) is 9.59 Å². The molecule has 1 heterocycles. The number of carbonyl (C=O) groups excluding carboxylic acids is 2. The van der Waals surface area contributed by atoms with E-state index in [2.05, 4.69) is 0 Å². The molecular weight excluding hydrogens is 184 g/mol. The summed E-state index contributed by atoms with van der Waals surface area (Å²) in [5.41, 5.74) is 5.94. The van der Waals surface area contributed by atoms with Crippen molar-refractivity contribution < 1.29 is 14.3 Å². The van der Waals surface area contributed by atoms with Crippen LogP contribution in [0.25, 0.3) is 0 Å². The van der Waals surface area contributed by atoms with Crippen LogP contribution in [0.1, 0.15) is 23.0 Å². The first-order valence-corrected chi connectivity index (χ1v) is 4.22. The minimum atomic E-state index is -0.613. The summed E-state index contributed by atoms with van der Waals surface area (Å²) in [4.78, 5) is 22.2. The largest absolute Gasteiger partial charge is 0.462 e. The fourth-order valence-electron chi connectivity index (χ4n) is 1.17. The molecule has 0 bridgehead atoms. The fourth-order valence-corrected chi connectivity index (χ4v) is 1.17. The smallest absolute Gasteiger partial charge is 0.339 e. The third kappa shape index (κ3) is 1.76. The van der Waals surface area contributed by atoms with Gasteiger partial charge in [0, 0.05) is 11.9 Å². The SMILES string of the molecule is CCOC(=O)c1ccn(C(N)=O)c1C. The minimum absolute atomic E-state index is 0.306. The average molecular weight is 196 g/mol. The quantitative estimate of drug-likeness (QED) is 0.714. The molecule has 0 aliphatic carbocycles. The summed E-state index contributed by atoms with van der Waals surface area (Å²) in [6.07, 6.45) is 1.45. The van der Waals surface area contributed by atoms with Crippen LogP contribution in [0.15, 0.2) is 12.3 Å². The van der Waals surface area contributed by atoms with Crippen LogP contribution in [0, 0.1) is 6.92 Å². The van der Waals surface area contributed by atoms with E-state index in [0.29, 0.717) is 17.9 Å². The Balaban J connectivity index is 3.00. The maximum absolute atomic E-state index is 11.3.